The summed E-state index contributed by atoms with van der Waals surface area (Å²) in [7, 11) is 0. The van der Waals surface area contributed by atoms with Crippen molar-refractivity contribution in [2.75, 3.05) is 13.1 Å². The van der Waals surface area contributed by atoms with Crippen LogP contribution in [0.4, 0.5) is 13.2 Å². The molecule has 34 heavy (non-hydrogen) atoms. The molecule has 0 spiro atoms. The predicted molar refractivity (Wildman–Crippen MR) is 113 cm³/mol. The molecule has 2 aromatic carbocycles. The molecule has 2 N–H and O–H groups in total. The Kier molecular flexibility index (Phi) is 6.44. The maximum atomic E-state index is 12.9. The van der Waals surface area contributed by atoms with Crippen molar-refractivity contribution in [1.29, 1.82) is 0 Å². The number of likely N-dealkylation sites (tertiary alicyclic amines) is 1. The summed E-state index contributed by atoms with van der Waals surface area (Å²) < 4.78 is 47.2. The summed E-state index contributed by atoms with van der Waals surface area (Å²) in [6.07, 6.45) is -4.62. The zero-order valence-corrected chi connectivity index (χ0v) is 17.7. The molecule has 1 aromatic heterocycles. The Bertz CT molecular complexity index is 1220. The topological polar surface area (TPSA) is 105 Å². The molecule has 178 valence electrons. The van der Waals surface area contributed by atoms with E-state index in [0.717, 1.165) is 17.7 Å². The number of alkyl halides is 3. The smallest absolute Gasteiger partial charge is 0.405 e. The van der Waals surface area contributed by atoms with Crippen LogP contribution in [-0.4, -0.2) is 47.4 Å². The Morgan fingerprint density at radius 3 is 2.47 bits per heavy atom. The number of ether oxygens (including phenoxy) is 1. The number of aromatic nitrogens is 1. The molecule has 0 unspecified atom stereocenters. The lowest BCUT2D eigenvalue weighted by Gasteiger charge is -2.39. The fourth-order valence-electron chi connectivity index (χ4n) is 4.01. The van der Waals surface area contributed by atoms with Crippen LogP contribution in [0, 0.1) is 0 Å². The normalized spacial score (nSPS) is 18.4. The van der Waals surface area contributed by atoms with Crippen molar-refractivity contribution in [1.82, 2.24) is 15.4 Å². The average molecular weight is 475 g/mol. The molecule has 2 heterocycles. The molecule has 0 aliphatic carbocycles. The van der Waals surface area contributed by atoms with Crippen LogP contribution in [0.2, 0.25) is 0 Å². The molecular weight excluding hydrogens is 455 g/mol. The molecule has 2 amide bonds. The van der Waals surface area contributed by atoms with E-state index < -0.39 is 35.5 Å². The van der Waals surface area contributed by atoms with E-state index in [2.05, 4.69) is 15.2 Å². The summed E-state index contributed by atoms with van der Waals surface area (Å²) in [6.45, 7) is 0.437. The molecule has 1 saturated heterocycles. The zero-order chi connectivity index (χ0) is 24.3. The van der Waals surface area contributed by atoms with Crippen molar-refractivity contribution in [3.8, 4) is 5.75 Å². The Hall–Kier alpha value is -4.02. The van der Waals surface area contributed by atoms with Crippen LogP contribution < -0.4 is 15.6 Å². The van der Waals surface area contributed by atoms with Gasteiger partial charge in [-0.25, -0.2) is 0 Å². The number of amides is 2. The number of aromatic amines is 1. The lowest BCUT2D eigenvalue weighted by Crippen LogP contribution is -2.51. The van der Waals surface area contributed by atoms with Gasteiger partial charge in [0.2, 0.25) is 5.76 Å². The van der Waals surface area contributed by atoms with Crippen molar-refractivity contribution in [3.63, 3.8) is 0 Å². The summed E-state index contributed by atoms with van der Waals surface area (Å²) in [5, 5.41) is 4.89. The number of para-hydroxylation sites is 1. The van der Waals surface area contributed by atoms with Gasteiger partial charge >= 0.3 is 6.36 Å². The fraction of sp³-hybridized carbons (Fsp3) is 0.261. The minimum atomic E-state index is -4.94. The van der Waals surface area contributed by atoms with E-state index in [9.17, 15) is 27.6 Å². The van der Waals surface area contributed by atoms with Crippen molar-refractivity contribution in [2.45, 2.75) is 24.7 Å². The van der Waals surface area contributed by atoms with E-state index in [1.54, 1.807) is 0 Å². The first kappa shape index (κ1) is 23.1. The largest absolute Gasteiger partial charge is 0.573 e. The minimum Gasteiger partial charge on any atom is -0.405 e. The molecule has 0 radical (unpaired) electrons. The van der Waals surface area contributed by atoms with E-state index in [1.165, 1.54) is 23.1 Å². The first-order valence-electron chi connectivity index (χ1n) is 10.4. The van der Waals surface area contributed by atoms with Gasteiger partial charge in [-0.15, -0.1) is 13.2 Å². The van der Waals surface area contributed by atoms with Gasteiger partial charge in [-0.2, -0.15) is 5.16 Å². The highest BCUT2D eigenvalue weighted by Gasteiger charge is 2.36. The number of carbonyl (C=O) groups excluding carboxylic acids is 2. The highest BCUT2D eigenvalue weighted by atomic mass is 19.4. The number of rotatable bonds is 5. The van der Waals surface area contributed by atoms with Crippen molar-refractivity contribution in [3.05, 3.63) is 87.9 Å². The summed E-state index contributed by atoms with van der Waals surface area (Å²) in [5.41, 5.74) is 0.0461. The molecule has 1 fully saturated rings. The number of halogens is 3. The van der Waals surface area contributed by atoms with E-state index in [1.807, 2.05) is 30.3 Å². The van der Waals surface area contributed by atoms with Gasteiger partial charge in [0.1, 0.15) is 5.75 Å². The molecule has 4 rings (SSSR count). The molecule has 3 aromatic rings. The minimum absolute atomic E-state index is 0.127. The monoisotopic (exact) mass is 475 g/mol. The SMILES string of the molecule is O=C(N[C@@H]1CCN(C(=O)c2cc(=O)[nH]o2)C[C@@H]1c1ccccc1)c1ccccc1OC(F)(F)F. The van der Waals surface area contributed by atoms with Gasteiger partial charge < -0.3 is 19.5 Å². The second kappa shape index (κ2) is 9.46. The van der Waals surface area contributed by atoms with Crippen LogP contribution >= 0.6 is 0 Å². The first-order chi connectivity index (χ1) is 16.2. The van der Waals surface area contributed by atoms with Gasteiger partial charge in [0.05, 0.1) is 11.6 Å². The number of nitrogens with one attached hydrogen (secondary N) is 2. The maximum Gasteiger partial charge on any atom is 0.573 e. The third kappa shape index (κ3) is 5.30. The van der Waals surface area contributed by atoms with Crippen molar-refractivity contribution < 1.29 is 32.0 Å². The molecule has 2 atom stereocenters. The van der Waals surface area contributed by atoms with Gasteiger partial charge in [-0.05, 0) is 24.1 Å². The van der Waals surface area contributed by atoms with Gasteiger partial charge in [0, 0.05) is 25.0 Å². The van der Waals surface area contributed by atoms with Crippen molar-refractivity contribution >= 4 is 11.8 Å². The summed E-state index contributed by atoms with van der Waals surface area (Å²) in [6, 6.07) is 14.8. The van der Waals surface area contributed by atoms with Crippen LogP contribution in [0.15, 0.2) is 70.0 Å². The molecule has 0 saturated carbocycles. The lowest BCUT2D eigenvalue weighted by atomic mass is 9.85. The third-order valence-electron chi connectivity index (χ3n) is 5.54. The van der Waals surface area contributed by atoms with Gasteiger partial charge in [-0.3, -0.25) is 14.4 Å². The third-order valence-corrected chi connectivity index (χ3v) is 5.54. The molecule has 11 heteroatoms. The Labute approximate surface area is 191 Å². The molecule has 8 nitrogen and oxygen atoms in total. The lowest BCUT2D eigenvalue weighted by molar-refractivity contribution is -0.274. The second-order valence-corrected chi connectivity index (χ2v) is 7.76. The molecule has 0 bridgehead atoms. The molecule has 1 aliphatic heterocycles. The van der Waals surface area contributed by atoms with E-state index in [4.69, 9.17) is 4.52 Å². The number of nitrogens with zero attached hydrogens (tertiary/aromatic N) is 1. The standard InChI is InChI=1S/C23H20F3N3O5/c24-23(25,26)33-18-9-5-4-8-15(18)21(31)27-17-10-11-29(22(32)19-12-20(30)28-34-19)13-16(17)14-6-2-1-3-7-14/h1-9,12,16-17H,10-11,13H2,(H,27,31)(H,28,30)/t16-,17-/m1/s1. The number of carbonyl (C=O) groups is 2. The summed E-state index contributed by atoms with van der Waals surface area (Å²) in [4.78, 5) is 38.6. The number of benzene rings is 2. The Morgan fingerprint density at radius 1 is 1.09 bits per heavy atom. The highest BCUT2D eigenvalue weighted by Crippen LogP contribution is 2.30. The number of H-pyrrole nitrogens is 1. The van der Waals surface area contributed by atoms with Crippen LogP contribution in [0.1, 0.15) is 38.8 Å². The van der Waals surface area contributed by atoms with Crippen LogP contribution in [-0.2, 0) is 0 Å². The van der Waals surface area contributed by atoms with Crippen LogP contribution in [0.5, 0.6) is 5.75 Å². The van der Waals surface area contributed by atoms with E-state index >= 15 is 0 Å². The molecular formula is C23H20F3N3O5. The zero-order valence-electron chi connectivity index (χ0n) is 17.7. The van der Waals surface area contributed by atoms with Crippen LogP contribution in [0.3, 0.4) is 0 Å². The van der Waals surface area contributed by atoms with Crippen LogP contribution in [0.25, 0.3) is 0 Å². The second-order valence-electron chi connectivity index (χ2n) is 7.76. The van der Waals surface area contributed by atoms with Gasteiger partial charge in [0.25, 0.3) is 17.4 Å². The first-order valence-corrected chi connectivity index (χ1v) is 10.4. The Balaban J connectivity index is 1.56. The van der Waals surface area contributed by atoms with Gasteiger partial charge in [-0.1, -0.05) is 42.5 Å². The number of piperidine rings is 1. The molecule has 1 aliphatic rings. The van der Waals surface area contributed by atoms with Gasteiger partial charge in [0.15, 0.2) is 0 Å². The average Bonchev–Trinajstić information content (AvgIpc) is 3.25. The van der Waals surface area contributed by atoms with E-state index in [0.29, 0.717) is 6.42 Å². The Morgan fingerprint density at radius 2 is 1.79 bits per heavy atom. The number of hydrogen-bond donors (Lipinski definition) is 2. The predicted octanol–water partition coefficient (Wildman–Crippen LogP) is 3.29. The maximum absolute atomic E-state index is 12.9. The van der Waals surface area contributed by atoms with Crippen molar-refractivity contribution in [2.24, 2.45) is 0 Å². The number of hydrogen-bond acceptors (Lipinski definition) is 5. The van der Waals surface area contributed by atoms with E-state index in [-0.39, 0.29) is 30.3 Å². The summed E-state index contributed by atoms with van der Waals surface area (Å²) >= 11 is 0. The summed E-state index contributed by atoms with van der Waals surface area (Å²) in [5.74, 6) is -2.28. The fourth-order valence-corrected chi connectivity index (χ4v) is 4.01. The highest BCUT2D eigenvalue weighted by molar-refractivity contribution is 5.97. The quantitative estimate of drug-likeness (QED) is 0.589.